The number of oxime groups is 1. The van der Waals surface area contributed by atoms with E-state index in [0.717, 1.165) is 12.1 Å². The van der Waals surface area contributed by atoms with Crippen LogP contribution >= 0.6 is 0 Å². The molecule has 0 heterocycles. The highest BCUT2D eigenvalue weighted by atomic mass is 16.4. The van der Waals surface area contributed by atoms with Crippen LogP contribution in [0.3, 0.4) is 0 Å². The van der Waals surface area contributed by atoms with Gasteiger partial charge in [-0.2, -0.15) is 0 Å². The van der Waals surface area contributed by atoms with E-state index in [1.807, 2.05) is 6.92 Å². The van der Waals surface area contributed by atoms with Gasteiger partial charge in [0.1, 0.15) is 0 Å². The van der Waals surface area contributed by atoms with Gasteiger partial charge in [-0.1, -0.05) is 44.7 Å². The molecule has 0 spiro atoms. The van der Waals surface area contributed by atoms with E-state index in [4.69, 9.17) is 5.21 Å². The minimum Gasteiger partial charge on any atom is -0.411 e. The second kappa shape index (κ2) is 7.14. The van der Waals surface area contributed by atoms with Crippen LogP contribution in [0.1, 0.15) is 52.9 Å². The number of unbranched alkanes of at least 4 members (excludes halogenated alkanes) is 1. The third kappa shape index (κ3) is 5.16. The van der Waals surface area contributed by atoms with Gasteiger partial charge in [-0.3, -0.25) is 0 Å². The molecule has 0 aliphatic carbocycles. The summed E-state index contributed by atoms with van der Waals surface area (Å²) in [4.78, 5) is 0. The molecule has 12 heavy (non-hydrogen) atoms. The second-order valence-corrected chi connectivity index (χ2v) is 3.46. The lowest BCUT2D eigenvalue weighted by Crippen LogP contribution is -2.05. The van der Waals surface area contributed by atoms with Gasteiger partial charge in [0.2, 0.25) is 0 Å². The van der Waals surface area contributed by atoms with E-state index < -0.39 is 0 Å². The van der Waals surface area contributed by atoms with E-state index in [1.165, 1.54) is 25.7 Å². The van der Waals surface area contributed by atoms with Crippen LogP contribution in [0.4, 0.5) is 0 Å². The molecule has 72 valence electrons. The smallest absolute Gasteiger partial charge is 0.0542 e. The molecule has 0 rings (SSSR count). The van der Waals surface area contributed by atoms with Crippen LogP contribution in [-0.2, 0) is 0 Å². The fourth-order valence-electron chi connectivity index (χ4n) is 1.40. The van der Waals surface area contributed by atoms with E-state index >= 15 is 0 Å². The van der Waals surface area contributed by atoms with Gasteiger partial charge in [0.05, 0.1) is 5.71 Å². The molecule has 0 aromatic carbocycles. The summed E-state index contributed by atoms with van der Waals surface area (Å²) in [6.45, 7) is 6.29. The summed E-state index contributed by atoms with van der Waals surface area (Å²) in [6.07, 6.45) is 5.95. The summed E-state index contributed by atoms with van der Waals surface area (Å²) in [6, 6.07) is 0. The maximum atomic E-state index is 8.49. The Morgan fingerprint density at radius 3 is 2.50 bits per heavy atom. The van der Waals surface area contributed by atoms with Gasteiger partial charge < -0.3 is 5.21 Å². The van der Waals surface area contributed by atoms with Crippen molar-refractivity contribution in [3.63, 3.8) is 0 Å². The molecule has 1 unspecified atom stereocenters. The topological polar surface area (TPSA) is 32.6 Å². The first kappa shape index (κ1) is 11.5. The molecule has 2 heteroatoms. The predicted molar refractivity (Wildman–Crippen MR) is 52.8 cm³/mol. The molecular weight excluding hydrogens is 150 g/mol. The molecule has 0 aliphatic rings. The second-order valence-electron chi connectivity index (χ2n) is 3.46. The van der Waals surface area contributed by atoms with Crippen LogP contribution in [0.2, 0.25) is 0 Å². The molecule has 0 bridgehead atoms. The Morgan fingerprint density at radius 1 is 1.42 bits per heavy atom. The lowest BCUT2D eigenvalue weighted by molar-refractivity contribution is 0.314. The van der Waals surface area contributed by atoms with Gasteiger partial charge in [-0.15, -0.1) is 0 Å². The van der Waals surface area contributed by atoms with E-state index in [2.05, 4.69) is 19.0 Å². The first-order valence-corrected chi connectivity index (χ1v) is 4.92. The zero-order valence-electron chi connectivity index (χ0n) is 8.51. The summed E-state index contributed by atoms with van der Waals surface area (Å²) in [5.41, 5.74) is 0.859. The van der Waals surface area contributed by atoms with Crippen molar-refractivity contribution in [2.75, 3.05) is 0 Å². The SMILES string of the molecule is CCCCC(CC)CC(C)=NO. The summed E-state index contributed by atoms with van der Waals surface area (Å²) in [5.74, 6) is 0.709. The maximum Gasteiger partial charge on any atom is 0.0542 e. The standard InChI is InChI=1S/C10H21NO/c1-4-6-7-10(5-2)8-9(3)11-12/h10,12H,4-8H2,1-3H3. The minimum atomic E-state index is 0.709. The largest absolute Gasteiger partial charge is 0.411 e. The number of hydrogen-bond acceptors (Lipinski definition) is 2. The van der Waals surface area contributed by atoms with Gasteiger partial charge in [-0.05, 0) is 19.3 Å². The molecule has 0 radical (unpaired) electrons. The molecular formula is C10H21NO. The van der Waals surface area contributed by atoms with Gasteiger partial charge >= 0.3 is 0 Å². The molecule has 0 fully saturated rings. The summed E-state index contributed by atoms with van der Waals surface area (Å²) in [7, 11) is 0. The number of hydrogen-bond donors (Lipinski definition) is 1. The van der Waals surface area contributed by atoms with Gasteiger partial charge in [0.15, 0.2) is 0 Å². The van der Waals surface area contributed by atoms with Crippen molar-refractivity contribution in [2.24, 2.45) is 11.1 Å². The van der Waals surface area contributed by atoms with Crippen molar-refractivity contribution in [1.29, 1.82) is 0 Å². The molecule has 0 aliphatic heterocycles. The van der Waals surface area contributed by atoms with Crippen LogP contribution in [-0.4, -0.2) is 10.9 Å². The van der Waals surface area contributed by atoms with E-state index in [-0.39, 0.29) is 0 Å². The summed E-state index contributed by atoms with van der Waals surface area (Å²) < 4.78 is 0. The Hall–Kier alpha value is -0.530. The minimum absolute atomic E-state index is 0.709. The quantitative estimate of drug-likeness (QED) is 0.370. The zero-order chi connectivity index (χ0) is 9.40. The molecule has 2 nitrogen and oxygen atoms in total. The highest BCUT2D eigenvalue weighted by Gasteiger charge is 2.06. The average Bonchev–Trinajstić information content (AvgIpc) is 2.11. The Balaban J connectivity index is 3.67. The van der Waals surface area contributed by atoms with Crippen molar-refractivity contribution in [2.45, 2.75) is 52.9 Å². The normalized spacial score (nSPS) is 14.8. The van der Waals surface area contributed by atoms with Gasteiger partial charge in [-0.25, -0.2) is 0 Å². The van der Waals surface area contributed by atoms with Crippen molar-refractivity contribution >= 4 is 5.71 Å². The highest BCUT2D eigenvalue weighted by molar-refractivity contribution is 5.81. The van der Waals surface area contributed by atoms with Crippen molar-refractivity contribution in [1.82, 2.24) is 0 Å². The predicted octanol–water partition coefficient (Wildman–Crippen LogP) is 3.44. The maximum absolute atomic E-state index is 8.49. The summed E-state index contributed by atoms with van der Waals surface area (Å²) >= 11 is 0. The van der Waals surface area contributed by atoms with Crippen molar-refractivity contribution < 1.29 is 5.21 Å². The van der Waals surface area contributed by atoms with Crippen LogP contribution in [0, 0.1) is 5.92 Å². The first-order chi connectivity index (χ1) is 5.74. The van der Waals surface area contributed by atoms with Crippen molar-refractivity contribution in [3.8, 4) is 0 Å². The number of rotatable bonds is 6. The third-order valence-corrected chi connectivity index (χ3v) is 2.30. The highest BCUT2D eigenvalue weighted by Crippen LogP contribution is 2.16. The fourth-order valence-corrected chi connectivity index (χ4v) is 1.40. The Kier molecular flexibility index (Phi) is 6.82. The molecule has 0 saturated heterocycles. The van der Waals surface area contributed by atoms with E-state index in [1.54, 1.807) is 0 Å². The van der Waals surface area contributed by atoms with Crippen LogP contribution in [0.5, 0.6) is 0 Å². The average molecular weight is 171 g/mol. The molecule has 0 amide bonds. The lowest BCUT2D eigenvalue weighted by atomic mass is 9.94. The Morgan fingerprint density at radius 2 is 2.08 bits per heavy atom. The molecule has 0 saturated carbocycles. The van der Waals surface area contributed by atoms with Gasteiger partial charge in [0.25, 0.3) is 0 Å². The Labute approximate surface area is 75.7 Å². The molecule has 1 atom stereocenters. The van der Waals surface area contributed by atoms with E-state index in [0.29, 0.717) is 5.92 Å². The van der Waals surface area contributed by atoms with Crippen molar-refractivity contribution in [3.05, 3.63) is 0 Å². The Bertz CT molecular complexity index is 132. The molecule has 0 aromatic rings. The zero-order valence-corrected chi connectivity index (χ0v) is 8.51. The van der Waals surface area contributed by atoms with Crippen LogP contribution in [0.25, 0.3) is 0 Å². The van der Waals surface area contributed by atoms with E-state index in [9.17, 15) is 0 Å². The fraction of sp³-hybridized carbons (Fsp3) is 0.900. The van der Waals surface area contributed by atoms with Crippen LogP contribution < -0.4 is 0 Å². The molecule has 1 N–H and O–H groups in total. The molecule has 0 aromatic heterocycles. The summed E-state index contributed by atoms with van der Waals surface area (Å²) in [5, 5.41) is 11.7. The number of nitrogens with zero attached hydrogens (tertiary/aromatic N) is 1. The van der Waals surface area contributed by atoms with Crippen LogP contribution in [0.15, 0.2) is 5.16 Å². The van der Waals surface area contributed by atoms with Gasteiger partial charge in [0, 0.05) is 0 Å². The lowest BCUT2D eigenvalue weighted by Gasteiger charge is -2.12. The third-order valence-electron chi connectivity index (χ3n) is 2.30. The first-order valence-electron chi connectivity index (χ1n) is 4.92. The monoisotopic (exact) mass is 171 g/mol.